The van der Waals surface area contributed by atoms with E-state index in [0.717, 1.165) is 45.9 Å². The third-order valence-electron chi connectivity index (χ3n) is 5.64. The van der Waals surface area contributed by atoms with Crippen LogP contribution in [0.4, 0.5) is 0 Å². The van der Waals surface area contributed by atoms with Crippen LogP contribution in [0.3, 0.4) is 0 Å². The smallest absolute Gasteiger partial charge is 0.228 e. The van der Waals surface area contributed by atoms with Gasteiger partial charge in [-0.25, -0.2) is 4.98 Å². The molecule has 152 valence electrons. The molecule has 0 amide bonds. The van der Waals surface area contributed by atoms with Gasteiger partial charge in [0.05, 0.1) is 23.5 Å². The van der Waals surface area contributed by atoms with Gasteiger partial charge >= 0.3 is 0 Å². The molecule has 0 aliphatic carbocycles. The molecule has 0 saturated carbocycles. The van der Waals surface area contributed by atoms with Crippen molar-refractivity contribution in [3.8, 4) is 17.4 Å². The predicted octanol–water partition coefficient (Wildman–Crippen LogP) is 5.59. The predicted molar refractivity (Wildman–Crippen MR) is 119 cm³/mol. The number of benzene rings is 2. The highest BCUT2D eigenvalue weighted by atomic mass is 32.1. The Bertz CT molecular complexity index is 1300. The summed E-state index contributed by atoms with van der Waals surface area (Å²) in [4.78, 5) is 5.74. The molecule has 5 rings (SSSR count). The SMILES string of the molecule is CCCn1cnc2c(c1=N)C(c1ccc(OC)cc1)c1sc3c(C)cccc3c1O2. The number of thiophene rings is 1. The average Bonchev–Trinajstić information content (AvgIpc) is 3.14. The lowest BCUT2D eigenvalue weighted by Gasteiger charge is -2.26. The minimum Gasteiger partial charge on any atom is -0.497 e. The third kappa shape index (κ3) is 2.82. The van der Waals surface area contributed by atoms with E-state index in [4.69, 9.17) is 14.9 Å². The molecule has 4 aromatic rings. The molecule has 0 spiro atoms. The summed E-state index contributed by atoms with van der Waals surface area (Å²) in [6.07, 6.45) is 2.67. The Morgan fingerprint density at radius 1 is 1.20 bits per heavy atom. The maximum Gasteiger partial charge on any atom is 0.228 e. The lowest BCUT2D eigenvalue weighted by molar-refractivity contribution is 0.414. The van der Waals surface area contributed by atoms with Crippen LogP contribution in [0.2, 0.25) is 0 Å². The Morgan fingerprint density at radius 2 is 2.00 bits per heavy atom. The normalized spacial score (nSPS) is 14.8. The second-order valence-corrected chi connectivity index (χ2v) is 8.61. The monoisotopic (exact) mass is 417 g/mol. The van der Waals surface area contributed by atoms with Crippen LogP contribution in [0.25, 0.3) is 10.1 Å². The Hall–Kier alpha value is -3.12. The maximum absolute atomic E-state index is 8.93. The fourth-order valence-electron chi connectivity index (χ4n) is 4.15. The summed E-state index contributed by atoms with van der Waals surface area (Å²) < 4.78 is 14.8. The first kappa shape index (κ1) is 18.9. The van der Waals surface area contributed by atoms with Crippen LogP contribution in [0.5, 0.6) is 17.4 Å². The molecule has 1 N–H and O–H groups in total. The molecule has 1 unspecified atom stereocenters. The van der Waals surface area contributed by atoms with Crippen molar-refractivity contribution in [3.05, 3.63) is 75.8 Å². The minimum atomic E-state index is -0.101. The molecular weight excluding hydrogens is 394 g/mol. The molecule has 3 heterocycles. The molecular formula is C24H23N3O2S. The van der Waals surface area contributed by atoms with E-state index in [-0.39, 0.29) is 5.92 Å². The lowest BCUT2D eigenvalue weighted by Crippen LogP contribution is -2.29. The molecule has 30 heavy (non-hydrogen) atoms. The van der Waals surface area contributed by atoms with E-state index in [2.05, 4.69) is 49.2 Å². The second kappa shape index (κ2) is 7.29. The fraction of sp³-hybridized carbons (Fsp3) is 0.250. The van der Waals surface area contributed by atoms with Gasteiger partial charge in [0.15, 0.2) is 5.75 Å². The Kier molecular flexibility index (Phi) is 4.59. The molecule has 1 atom stereocenters. The quantitative estimate of drug-likeness (QED) is 0.415. The molecule has 0 radical (unpaired) electrons. The van der Waals surface area contributed by atoms with Crippen LogP contribution in [0.1, 0.15) is 40.8 Å². The summed E-state index contributed by atoms with van der Waals surface area (Å²) in [5.74, 6) is 2.11. The number of fused-ring (bicyclic) bond motifs is 4. The maximum atomic E-state index is 8.93. The van der Waals surface area contributed by atoms with Crippen LogP contribution >= 0.6 is 11.3 Å². The largest absolute Gasteiger partial charge is 0.497 e. The van der Waals surface area contributed by atoms with Gasteiger partial charge in [-0.1, -0.05) is 31.2 Å². The van der Waals surface area contributed by atoms with Crippen molar-refractivity contribution in [3.63, 3.8) is 0 Å². The Balaban J connectivity index is 1.80. The van der Waals surface area contributed by atoms with Crippen molar-refractivity contribution in [2.75, 3.05) is 7.11 Å². The number of aromatic nitrogens is 2. The van der Waals surface area contributed by atoms with Crippen molar-refractivity contribution in [1.29, 1.82) is 5.41 Å². The molecule has 0 fully saturated rings. The standard InChI is InChI=1S/C24H23N3O2S/c1-4-12-27-13-26-24-19(23(27)25)18(15-8-10-16(28-3)11-9-15)22-20(29-24)17-7-5-6-14(2)21(17)30-22/h5-11,13,18,25H,4,12H2,1-3H3. The zero-order valence-corrected chi connectivity index (χ0v) is 18.0. The number of ether oxygens (including phenoxy) is 2. The molecule has 5 nitrogen and oxygen atoms in total. The van der Waals surface area contributed by atoms with Crippen molar-refractivity contribution in [1.82, 2.24) is 9.55 Å². The lowest BCUT2D eigenvalue weighted by atomic mass is 9.88. The van der Waals surface area contributed by atoms with Gasteiger partial charge in [0.2, 0.25) is 5.88 Å². The van der Waals surface area contributed by atoms with E-state index in [1.807, 2.05) is 16.7 Å². The zero-order chi connectivity index (χ0) is 20.8. The molecule has 2 aromatic carbocycles. The third-order valence-corrected chi connectivity index (χ3v) is 7.03. The van der Waals surface area contributed by atoms with Crippen LogP contribution < -0.4 is 15.0 Å². The highest BCUT2D eigenvalue weighted by Crippen LogP contribution is 2.52. The van der Waals surface area contributed by atoms with Crippen molar-refractivity contribution >= 4 is 21.4 Å². The van der Waals surface area contributed by atoms with Gasteiger partial charge in [-0.15, -0.1) is 11.3 Å². The molecule has 0 bridgehead atoms. The Morgan fingerprint density at radius 3 is 2.73 bits per heavy atom. The Labute approximate surface area is 179 Å². The number of aryl methyl sites for hydroxylation is 2. The van der Waals surface area contributed by atoms with Gasteiger partial charge in [-0.3, -0.25) is 5.41 Å². The van der Waals surface area contributed by atoms with E-state index < -0.39 is 0 Å². The summed E-state index contributed by atoms with van der Waals surface area (Å²) in [5.41, 5.74) is 3.62. The number of rotatable bonds is 4. The highest BCUT2D eigenvalue weighted by Gasteiger charge is 2.35. The summed E-state index contributed by atoms with van der Waals surface area (Å²) in [7, 11) is 1.67. The summed E-state index contributed by atoms with van der Waals surface area (Å²) in [5, 5.41) is 10.0. The first-order valence-electron chi connectivity index (χ1n) is 10.1. The number of nitrogens with zero attached hydrogens (tertiary/aromatic N) is 2. The minimum absolute atomic E-state index is 0.101. The molecule has 1 aliphatic heterocycles. The van der Waals surface area contributed by atoms with E-state index in [1.54, 1.807) is 24.8 Å². The topological polar surface area (TPSA) is 60.1 Å². The van der Waals surface area contributed by atoms with E-state index in [0.29, 0.717) is 11.4 Å². The van der Waals surface area contributed by atoms with Gasteiger partial charge < -0.3 is 14.0 Å². The van der Waals surface area contributed by atoms with E-state index in [9.17, 15) is 0 Å². The number of methoxy groups -OCH3 is 1. The van der Waals surface area contributed by atoms with Crippen molar-refractivity contribution < 1.29 is 9.47 Å². The summed E-state index contributed by atoms with van der Waals surface area (Å²) in [6.45, 7) is 4.99. The number of nitrogens with one attached hydrogen (secondary N) is 1. The summed E-state index contributed by atoms with van der Waals surface area (Å²) in [6, 6.07) is 14.4. The van der Waals surface area contributed by atoms with Crippen LogP contribution in [-0.4, -0.2) is 16.7 Å². The molecule has 0 saturated heterocycles. The van der Waals surface area contributed by atoms with Crippen LogP contribution in [0, 0.1) is 12.3 Å². The van der Waals surface area contributed by atoms with Gasteiger partial charge in [-0.2, -0.15) is 0 Å². The molecule has 6 heteroatoms. The molecule has 1 aliphatic rings. The first-order valence-corrected chi connectivity index (χ1v) is 10.9. The molecule has 2 aromatic heterocycles. The zero-order valence-electron chi connectivity index (χ0n) is 17.2. The van der Waals surface area contributed by atoms with Crippen molar-refractivity contribution in [2.24, 2.45) is 0 Å². The average molecular weight is 418 g/mol. The van der Waals surface area contributed by atoms with Crippen molar-refractivity contribution in [2.45, 2.75) is 32.7 Å². The highest BCUT2D eigenvalue weighted by molar-refractivity contribution is 7.19. The number of hydrogen-bond acceptors (Lipinski definition) is 5. The second-order valence-electron chi connectivity index (χ2n) is 7.56. The van der Waals surface area contributed by atoms with E-state index >= 15 is 0 Å². The van der Waals surface area contributed by atoms with Crippen LogP contribution in [0.15, 0.2) is 48.8 Å². The first-order chi connectivity index (χ1) is 14.6. The van der Waals surface area contributed by atoms with Gasteiger partial charge in [0.25, 0.3) is 0 Å². The van der Waals surface area contributed by atoms with Crippen LogP contribution in [-0.2, 0) is 6.54 Å². The van der Waals surface area contributed by atoms with Gasteiger partial charge in [0.1, 0.15) is 17.6 Å². The fourth-order valence-corrected chi connectivity index (χ4v) is 5.49. The van der Waals surface area contributed by atoms with E-state index in [1.165, 1.54) is 10.3 Å². The van der Waals surface area contributed by atoms with Gasteiger partial charge in [0, 0.05) is 16.6 Å². The number of hydrogen-bond donors (Lipinski definition) is 1. The summed E-state index contributed by atoms with van der Waals surface area (Å²) >= 11 is 1.75. The van der Waals surface area contributed by atoms with Gasteiger partial charge in [-0.05, 0) is 42.7 Å².